The molecule has 0 radical (unpaired) electrons. The predicted octanol–water partition coefficient (Wildman–Crippen LogP) is 6.43. The highest BCUT2D eigenvalue weighted by Crippen LogP contribution is 2.37. The molecule has 0 aromatic carbocycles. The molecule has 0 saturated carbocycles. The van der Waals surface area contributed by atoms with Crippen LogP contribution in [0.5, 0.6) is 5.75 Å². The van der Waals surface area contributed by atoms with Gasteiger partial charge in [-0.05, 0) is 93.0 Å². The van der Waals surface area contributed by atoms with Gasteiger partial charge in [-0.1, -0.05) is 27.7 Å². The molecule has 0 aliphatic carbocycles. The summed E-state index contributed by atoms with van der Waals surface area (Å²) in [6.45, 7) is 20.4. The van der Waals surface area contributed by atoms with Crippen LogP contribution in [0.2, 0.25) is 0 Å². The number of ether oxygens (including phenoxy) is 2. The Balaban J connectivity index is 2.67. The molecule has 0 atom stereocenters. The Bertz CT molecular complexity index is 536. The van der Waals surface area contributed by atoms with Crippen LogP contribution >= 0.6 is 22.6 Å². The lowest BCUT2D eigenvalue weighted by Crippen LogP contribution is -2.32. The molecular formula is C21H36INO2. The highest BCUT2D eigenvalue weighted by molar-refractivity contribution is 14.1. The quantitative estimate of drug-likeness (QED) is 0.330. The summed E-state index contributed by atoms with van der Waals surface area (Å²) >= 11 is 2.28. The van der Waals surface area contributed by atoms with Gasteiger partial charge in [0, 0.05) is 5.69 Å². The summed E-state index contributed by atoms with van der Waals surface area (Å²) in [7, 11) is 0. The number of alkyl halides is 1. The Morgan fingerprint density at radius 2 is 1.52 bits per heavy atom. The molecule has 3 nitrogen and oxygen atoms in total. The first-order chi connectivity index (χ1) is 11.1. The van der Waals surface area contributed by atoms with Crippen molar-refractivity contribution >= 4 is 22.6 Å². The van der Waals surface area contributed by atoms with Gasteiger partial charge in [-0.25, -0.2) is 0 Å². The van der Waals surface area contributed by atoms with E-state index in [1.807, 2.05) is 26.1 Å². The number of hydrogen-bond acceptors (Lipinski definition) is 3. The average Bonchev–Trinajstić information content (AvgIpc) is 2.35. The Kier molecular flexibility index (Phi) is 7.36. The summed E-state index contributed by atoms with van der Waals surface area (Å²) in [6.07, 6.45) is 3.86. The van der Waals surface area contributed by atoms with E-state index in [2.05, 4.69) is 82.1 Å². The molecule has 0 bridgehead atoms. The number of rotatable bonds is 8. The van der Waals surface area contributed by atoms with Gasteiger partial charge in [0.05, 0.1) is 18.4 Å². The van der Waals surface area contributed by atoms with Gasteiger partial charge in [0.15, 0.2) is 3.61 Å². The average molecular weight is 461 g/mol. The molecule has 0 amide bonds. The lowest BCUT2D eigenvalue weighted by molar-refractivity contribution is -0.0531. The van der Waals surface area contributed by atoms with Crippen molar-refractivity contribution in [3.8, 4) is 5.75 Å². The zero-order chi connectivity index (χ0) is 19.5. The van der Waals surface area contributed by atoms with Crippen LogP contribution in [0.25, 0.3) is 0 Å². The minimum absolute atomic E-state index is 0.0920. The minimum atomic E-state index is -0.225. The second-order valence-electron chi connectivity index (χ2n) is 10.0. The van der Waals surface area contributed by atoms with Crippen molar-refractivity contribution < 1.29 is 9.47 Å². The van der Waals surface area contributed by atoms with E-state index in [0.29, 0.717) is 0 Å². The van der Waals surface area contributed by atoms with E-state index in [-0.39, 0.29) is 20.0 Å². The SMILES string of the molecule is CC(C)(COC(C)(C)C)CC(C)(C)Cc1ccc(OC(C)(C)I)cn1. The third-order valence-corrected chi connectivity index (χ3v) is 3.89. The molecule has 0 aliphatic rings. The normalized spacial score (nSPS) is 13.8. The van der Waals surface area contributed by atoms with Crippen molar-refractivity contribution in [2.75, 3.05) is 6.61 Å². The molecule has 4 heteroatoms. The first-order valence-corrected chi connectivity index (χ1v) is 10.1. The van der Waals surface area contributed by atoms with Crippen LogP contribution in [0.4, 0.5) is 0 Å². The van der Waals surface area contributed by atoms with Crippen LogP contribution in [0, 0.1) is 10.8 Å². The molecule has 1 aromatic heterocycles. The van der Waals surface area contributed by atoms with Crippen LogP contribution in [0.15, 0.2) is 18.3 Å². The molecule has 0 aliphatic heterocycles. The van der Waals surface area contributed by atoms with E-state index in [9.17, 15) is 0 Å². The van der Waals surface area contributed by atoms with Crippen LogP contribution in [0.3, 0.4) is 0 Å². The van der Waals surface area contributed by atoms with E-state index in [0.717, 1.165) is 30.9 Å². The molecule has 1 rings (SSSR count). The second-order valence-corrected chi connectivity index (χ2v) is 12.6. The topological polar surface area (TPSA) is 31.4 Å². The molecule has 0 saturated heterocycles. The maximum atomic E-state index is 6.02. The lowest BCUT2D eigenvalue weighted by atomic mass is 9.73. The lowest BCUT2D eigenvalue weighted by Gasteiger charge is -2.36. The van der Waals surface area contributed by atoms with Crippen molar-refractivity contribution in [1.29, 1.82) is 0 Å². The van der Waals surface area contributed by atoms with E-state index in [4.69, 9.17) is 9.47 Å². The van der Waals surface area contributed by atoms with Crippen molar-refractivity contribution in [3.63, 3.8) is 0 Å². The second kappa shape index (κ2) is 8.12. The van der Waals surface area contributed by atoms with Gasteiger partial charge in [-0.3, -0.25) is 4.98 Å². The van der Waals surface area contributed by atoms with Crippen LogP contribution < -0.4 is 4.74 Å². The molecular weight excluding hydrogens is 425 g/mol. The number of hydrogen-bond donors (Lipinski definition) is 0. The largest absolute Gasteiger partial charge is 0.476 e. The molecule has 0 fully saturated rings. The summed E-state index contributed by atoms with van der Waals surface area (Å²) in [5.41, 5.74) is 1.30. The van der Waals surface area contributed by atoms with Crippen LogP contribution in [-0.2, 0) is 11.2 Å². The van der Waals surface area contributed by atoms with Crippen molar-refractivity contribution in [2.24, 2.45) is 10.8 Å². The molecule has 1 aromatic rings. The summed E-state index contributed by atoms with van der Waals surface area (Å²) in [5.74, 6) is 0.819. The predicted molar refractivity (Wildman–Crippen MR) is 115 cm³/mol. The summed E-state index contributed by atoms with van der Waals surface area (Å²) in [4.78, 5) is 4.60. The third kappa shape index (κ3) is 10.4. The number of nitrogens with zero attached hydrogens (tertiary/aromatic N) is 1. The molecule has 144 valence electrons. The molecule has 25 heavy (non-hydrogen) atoms. The van der Waals surface area contributed by atoms with Crippen LogP contribution in [-0.4, -0.2) is 20.8 Å². The fourth-order valence-electron chi connectivity index (χ4n) is 3.17. The Labute approximate surface area is 168 Å². The first-order valence-electron chi connectivity index (χ1n) is 9.04. The van der Waals surface area contributed by atoms with E-state index in [1.54, 1.807) is 0 Å². The first kappa shape index (κ1) is 22.7. The maximum absolute atomic E-state index is 6.02. The van der Waals surface area contributed by atoms with Crippen molar-refractivity contribution in [1.82, 2.24) is 4.98 Å². The van der Waals surface area contributed by atoms with Gasteiger partial charge in [-0.15, -0.1) is 0 Å². The molecule has 0 N–H and O–H groups in total. The van der Waals surface area contributed by atoms with Crippen LogP contribution in [0.1, 0.15) is 74.4 Å². The Morgan fingerprint density at radius 3 is 1.96 bits per heavy atom. The van der Waals surface area contributed by atoms with Gasteiger partial charge in [0.2, 0.25) is 0 Å². The van der Waals surface area contributed by atoms with Gasteiger partial charge in [0.25, 0.3) is 0 Å². The van der Waals surface area contributed by atoms with E-state index >= 15 is 0 Å². The number of halogens is 1. The fourth-order valence-corrected chi connectivity index (χ4v) is 3.42. The highest BCUT2D eigenvalue weighted by Gasteiger charge is 2.31. The number of aromatic nitrogens is 1. The van der Waals surface area contributed by atoms with E-state index in [1.165, 1.54) is 0 Å². The smallest absolute Gasteiger partial charge is 0.153 e. The van der Waals surface area contributed by atoms with Crippen molar-refractivity contribution in [3.05, 3.63) is 24.0 Å². The van der Waals surface area contributed by atoms with Gasteiger partial charge < -0.3 is 9.47 Å². The zero-order valence-electron chi connectivity index (χ0n) is 17.5. The summed E-state index contributed by atoms with van der Waals surface area (Å²) < 4.78 is 11.6. The van der Waals surface area contributed by atoms with Gasteiger partial charge in [-0.2, -0.15) is 0 Å². The Hall–Kier alpha value is -0.360. The monoisotopic (exact) mass is 461 g/mol. The highest BCUT2D eigenvalue weighted by atomic mass is 127. The standard InChI is InChI=1S/C21H36INO2/c1-18(2,3)24-15-20(6,7)14-19(4,5)12-16-10-11-17(13-23-16)25-21(8,9)22/h10-11,13H,12,14-15H2,1-9H3. The van der Waals surface area contributed by atoms with Gasteiger partial charge >= 0.3 is 0 Å². The Morgan fingerprint density at radius 1 is 0.920 bits per heavy atom. The fraction of sp³-hybridized carbons (Fsp3) is 0.762. The molecule has 0 spiro atoms. The minimum Gasteiger partial charge on any atom is -0.476 e. The summed E-state index contributed by atoms with van der Waals surface area (Å²) in [5, 5.41) is 0. The van der Waals surface area contributed by atoms with Gasteiger partial charge in [0.1, 0.15) is 5.75 Å². The summed E-state index contributed by atoms with van der Waals surface area (Å²) in [6, 6.07) is 4.10. The zero-order valence-corrected chi connectivity index (χ0v) is 19.7. The number of pyridine rings is 1. The van der Waals surface area contributed by atoms with Crippen molar-refractivity contribution in [2.45, 2.75) is 84.4 Å². The maximum Gasteiger partial charge on any atom is 0.153 e. The molecule has 0 unspecified atom stereocenters. The third-order valence-electron chi connectivity index (χ3n) is 3.67. The molecule has 1 heterocycles. The van der Waals surface area contributed by atoms with E-state index < -0.39 is 0 Å².